The van der Waals surface area contributed by atoms with Crippen LogP contribution >= 0.6 is 24.2 Å². The van der Waals surface area contributed by atoms with Gasteiger partial charge in [0.05, 0.1) is 30.8 Å². The third kappa shape index (κ3) is 5.57. The second kappa shape index (κ2) is 10.7. The SMILES string of the molecule is Cl.O=C(CSCC(=O)N1CCNCC1c1cccnc1)N1CCOCC1. The normalized spacial score (nSPS) is 20.4. The number of thioether (sulfide) groups is 1. The number of amides is 2. The smallest absolute Gasteiger partial charge is 0.233 e. The van der Waals surface area contributed by atoms with Crippen LogP contribution in [0.5, 0.6) is 0 Å². The van der Waals surface area contributed by atoms with E-state index in [0.29, 0.717) is 44.4 Å². The van der Waals surface area contributed by atoms with E-state index in [9.17, 15) is 9.59 Å². The second-order valence-electron chi connectivity index (χ2n) is 6.08. The van der Waals surface area contributed by atoms with E-state index < -0.39 is 0 Å². The van der Waals surface area contributed by atoms with Gasteiger partial charge in [0.1, 0.15) is 0 Å². The highest BCUT2D eigenvalue weighted by molar-refractivity contribution is 8.00. The van der Waals surface area contributed by atoms with Gasteiger partial charge in [-0.15, -0.1) is 24.2 Å². The molecule has 1 atom stereocenters. The van der Waals surface area contributed by atoms with Gasteiger partial charge in [0.2, 0.25) is 11.8 Å². The molecule has 0 aromatic carbocycles. The molecule has 1 unspecified atom stereocenters. The number of rotatable bonds is 5. The molecular formula is C17H25ClN4O3S. The Hall–Kier alpha value is -1.35. The fourth-order valence-corrected chi connectivity index (χ4v) is 3.89. The zero-order valence-electron chi connectivity index (χ0n) is 14.6. The summed E-state index contributed by atoms with van der Waals surface area (Å²) in [6.07, 6.45) is 3.55. The molecule has 0 bridgehead atoms. The summed E-state index contributed by atoms with van der Waals surface area (Å²) in [5, 5.41) is 3.33. The lowest BCUT2D eigenvalue weighted by Gasteiger charge is -2.36. The molecular weight excluding hydrogens is 376 g/mol. The van der Waals surface area contributed by atoms with E-state index in [4.69, 9.17) is 4.74 Å². The number of hydrogen-bond acceptors (Lipinski definition) is 6. The second-order valence-corrected chi connectivity index (χ2v) is 7.06. The predicted molar refractivity (Wildman–Crippen MR) is 104 cm³/mol. The minimum atomic E-state index is 0. The molecule has 144 valence electrons. The summed E-state index contributed by atoms with van der Waals surface area (Å²) in [5.41, 5.74) is 1.04. The van der Waals surface area contributed by atoms with Gasteiger partial charge in [-0.1, -0.05) is 6.07 Å². The molecule has 2 saturated heterocycles. The highest BCUT2D eigenvalue weighted by Crippen LogP contribution is 2.22. The molecule has 2 fully saturated rings. The van der Waals surface area contributed by atoms with Gasteiger partial charge < -0.3 is 19.9 Å². The molecule has 26 heavy (non-hydrogen) atoms. The van der Waals surface area contributed by atoms with Crippen molar-refractivity contribution < 1.29 is 14.3 Å². The number of aromatic nitrogens is 1. The number of carbonyl (C=O) groups excluding carboxylic acids is 2. The average molecular weight is 401 g/mol. The Kier molecular flexibility index (Phi) is 8.64. The lowest BCUT2D eigenvalue weighted by atomic mass is 10.1. The number of nitrogens with one attached hydrogen (secondary N) is 1. The van der Waals surface area contributed by atoms with Crippen molar-refractivity contribution >= 4 is 36.0 Å². The zero-order valence-corrected chi connectivity index (χ0v) is 16.3. The molecule has 0 radical (unpaired) electrons. The summed E-state index contributed by atoms with van der Waals surface area (Å²) < 4.78 is 5.25. The number of ether oxygens (including phenoxy) is 1. The summed E-state index contributed by atoms with van der Waals surface area (Å²) in [6.45, 7) is 4.69. The third-order valence-corrected chi connectivity index (χ3v) is 5.35. The molecule has 1 N–H and O–H groups in total. The standard InChI is InChI=1S/C17H24N4O3S.ClH/c22-16(20-6-8-24-9-7-20)12-25-13-17(23)21-5-4-19-11-15(21)14-2-1-3-18-10-14;/h1-3,10,15,19H,4-9,11-13H2;1H. The van der Waals surface area contributed by atoms with Crippen LogP contribution < -0.4 is 5.32 Å². The Labute approximate surface area is 164 Å². The van der Waals surface area contributed by atoms with Gasteiger partial charge in [-0.3, -0.25) is 14.6 Å². The quantitative estimate of drug-likeness (QED) is 0.778. The van der Waals surface area contributed by atoms with Gasteiger partial charge in [-0.2, -0.15) is 0 Å². The van der Waals surface area contributed by atoms with Gasteiger partial charge in [0.15, 0.2) is 0 Å². The van der Waals surface area contributed by atoms with E-state index >= 15 is 0 Å². The van der Waals surface area contributed by atoms with Gasteiger partial charge in [0, 0.05) is 45.1 Å². The van der Waals surface area contributed by atoms with Crippen LogP contribution in [-0.4, -0.2) is 84.0 Å². The number of nitrogens with zero attached hydrogens (tertiary/aromatic N) is 3. The van der Waals surface area contributed by atoms with E-state index in [0.717, 1.165) is 18.7 Å². The van der Waals surface area contributed by atoms with Crippen LogP contribution in [0, 0.1) is 0 Å². The minimum Gasteiger partial charge on any atom is -0.378 e. The number of morpholine rings is 1. The monoisotopic (exact) mass is 400 g/mol. The van der Waals surface area contributed by atoms with E-state index in [-0.39, 0.29) is 30.3 Å². The van der Waals surface area contributed by atoms with E-state index in [2.05, 4.69) is 10.3 Å². The fourth-order valence-electron chi connectivity index (χ4n) is 3.09. The lowest BCUT2D eigenvalue weighted by Crippen LogP contribution is -2.49. The van der Waals surface area contributed by atoms with Crippen molar-refractivity contribution in [2.75, 3.05) is 57.4 Å². The highest BCUT2D eigenvalue weighted by atomic mass is 35.5. The number of hydrogen-bond donors (Lipinski definition) is 1. The van der Waals surface area contributed by atoms with Crippen LogP contribution in [-0.2, 0) is 14.3 Å². The summed E-state index contributed by atoms with van der Waals surface area (Å²) in [6, 6.07) is 3.90. The van der Waals surface area contributed by atoms with Gasteiger partial charge in [-0.05, 0) is 11.6 Å². The molecule has 3 rings (SSSR count). The average Bonchev–Trinajstić information content (AvgIpc) is 2.69. The maximum atomic E-state index is 12.7. The first-order chi connectivity index (χ1) is 12.3. The van der Waals surface area contributed by atoms with Crippen molar-refractivity contribution in [1.82, 2.24) is 20.1 Å². The molecule has 3 heterocycles. The summed E-state index contributed by atoms with van der Waals surface area (Å²) in [4.78, 5) is 32.7. The Bertz CT molecular complexity index is 587. The summed E-state index contributed by atoms with van der Waals surface area (Å²) in [5.74, 6) is 0.836. The van der Waals surface area contributed by atoms with Crippen LogP contribution in [0.15, 0.2) is 24.5 Å². The minimum absolute atomic E-state index is 0. The molecule has 1 aromatic rings. The molecule has 2 aliphatic heterocycles. The molecule has 2 aliphatic rings. The van der Waals surface area contributed by atoms with Crippen LogP contribution in [0.1, 0.15) is 11.6 Å². The summed E-state index contributed by atoms with van der Waals surface area (Å²) in [7, 11) is 0. The van der Waals surface area contributed by atoms with Crippen molar-refractivity contribution in [1.29, 1.82) is 0 Å². The van der Waals surface area contributed by atoms with Crippen LogP contribution in [0.25, 0.3) is 0 Å². The first-order valence-corrected chi connectivity index (χ1v) is 9.74. The summed E-state index contributed by atoms with van der Waals surface area (Å²) >= 11 is 1.39. The number of halogens is 1. The largest absolute Gasteiger partial charge is 0.378 e. The van der Waals surface area contributed by atoms with Gasteiger partial charge >= 0.3 is 0 Å². The first kappa shape index (κ1) is 21.0. The van der Waals surface area contributed by atoms with Crippen molar-refractivity contribution in [3.8, 4) is 0 Å². The molecule has 1 aromatic heterocycles. The van der Waals surface area contributed by atoms with Gasteiger partial charge in [-0.25, -0.2) is 0 Å². The Morgan fingerprint density at radius 2 is 2.00 bits per heavy atom. The number of piperazine rings is 1. The Balaban J connectivity index is 0.00000243. The fraction of sp³-hybridized carbons (Fsp3) is 0.588. The van der Waals surface area contributed by atoms with E-state index in [1.165, 1.54) is 11.8 Å². The highest BCUT2D eigenvalue weighted by Gasteiger charge is 2.28. The maximum Gasteiger partial charge on any atom is 0.233 e. The van der Waals surface area contributed by atoms with Crippen molar-refractivity contribution in [2.45, 2.75) is 6.04 Å². The molecule has 2 amide bonds. The first-order valence-electron chi connectivity index (χ1n) is 8.59. The van der Waals surface area contributed by atoms with Crippen LogP contribution in [0.3, 0.4) is 0 Å². The number of pyridine rings is 1. The molecule has 0 saturated carbocycles. The van der Waals surface area contributed by atoms with E-state index in [1.807, 2.05) is 28.1 Å². The predicted octanol–water partition coefficient (Wildman–Crippen LogP) is 0.568. The van der Waals surface area contributed by atoms with Crippen molar-refractivity contribution in [3.63, 3.8) is 0 Å². The lowest BCUT2D eigenvalue weighted by molar-refractivity contribution is -0.132. The molecule has 9 heteroatoms. The van der Waals surface area contributed by atoms with Gasteiger partial charge in [0.25, 0.3) is 0 Å². The molecule has 7 nitrogen and oxygen atoms in total. The topological polar surface area (TPSA) is 74.8 Å². The van der Waals surface area contributed by atoms with Crippen molar-refractivity contribution in [2.24, 2.45) is 0 Å². The van der Waals surface area contributed by atoms with Crippen molar-refractivity contribution in [3.05, 3.63) is 30.1 Å². The maximum absolute atomic E-state index is 12.7. The Morgan fingerprint density at radius 3 is 2.73 bits per heavy atom. The van der Waals surface area contributed by atoms with Crippen LogP contribution in [0.4, 0.5) is 0 Å². The third-order valence-electron chi connectivity index (χ3n) is 4.45. The Morgan fingerprint density at radius 1 is 1.23 bits per heavy atom. The van der Waals surface area contributed by atoms with Crippen LogP contribution in [0.2, 0.25) is 0 Å². The zero-order chi connectivity index (χ0) is 17.5. The number of carbonyl (C=O) groups is 2. The molecule has 0 aliphatic carbocycles. The molecule has 0 spiro atoms. The van der Waals surface area contributed by atoms with E-state index in [1.54, 1.807) is 6.20 Å².